The first-order chi connectivity index (χ1) is 21.9. The number of fused-ring (bicyclic) bond motifs is 8. The third kappa shape index (κ3) is 3.68. The summed E-state index contributed by atoms with van der Waals surface area (Å²) in [6, 6.07) is 61.5. The van der Waals surface area contributed by atoms with Gasteiger partial charge < -0.3 is 9.47 Å². The van der Waals surface area contributed by atoms with Gasteiger partial charge in [0, 0.05) is 27.5 Å². The number of hydrogen-bond donors (Lipinski definition) is 0. The molecule has 0 N–H and O–H groups in total. The Bertz CT molecular complexity index is 2490. The van der Waals surface area contributed by atoms with Crippen molar-refractivity contribution in [2.24, 2.45) is 0 Å². The first-order valence-corrected chi connectivity index (χ1v) is 15.1. The number of para-hydroxylation sites is 4. The second-order valence-electron chi connectivity index (χ2n) is 11.4. The topological polar surface area (TPSA) is 8.17 Å². The molecule has 1 heterocycles. The van der Waals surface area contributed by atoms with Gasteiger partial charge in [-0.25, -0.2) is 0 Å². The van der Waals surface area contributed by atoms with Crippen molar-refractivity contribution in [1.29, 1.82) is 0 Å². The second kappa shape index (κ2) is 9.86. The molecule has 9 rings (SSSR count). The molecule has 1 aromatic heterocycles. The summed E-state index contributed by atoms with van der Waals surface area (Å²) < 4.78 is 2.42. The van der Waals surface area contributed by atoms with E-state index in [0.29, 0.717) is 0 Å². The Labute approximate surface area is 255 Å². The fraction of sp³-hybridized carbons (Fsp3) is 0. The highest BCUT2D eigenvalue weighted by molar-refractivity contribution is 6.24. The van der Waals surface area contributed by atoms with Gasteiger partial charge in [0.2, 0.25) is 0 Å². The quantitative estimate of drug-likeness (QED) is 0.194. The molecule has 0 radical (unpaired) electrons. The van der Waals surface area contributed by atoms with Crippen LogP contribution in [0.2, 0.25) is 0 Å². The van der Waals surface area contributed by atoms with Crippen LogP contribution in [0.3, 0.4) is 0 Å². The van der Waals surface area contributed by atoms with Crippen LogP contribution >= 0.6 is 0 Å². The Balaban J connectivity index is 1.44. The molecule has 0 aliphatic rings. The molecule has 0 saturated heterocycles. The minimum Gasteiger partial charge on any atom is -0.308 e. The average Bonchev–Trinajstić information content (AvgIpc) is 3.44. The molecule has 9 aromatic rings. The molecule has 8 aromatic carbocycles. The zero-order valence-corrected chi connectivity index (χ0v) is 24.1. The molecule has 0 aliphatic carbocycles. The Morgan fingerprint density at radius 1 is 0.386 bits per heavy atom. The maximum Gasteiger partial charge on any atom is 0.0782 e. The van der Waals surface area contributed by atoms with Crippen LogP contribution in [0.25, 0.3) is 59.8 Å². The SMILES string of the molecule is c1ccc(N(c2cc3ccc4ccccc4c3c3ccccc23)c2cccc3c4ccccc4n(-c4ccccc4)c23)cc1. The van der Waals surface area contributed by atoms with E-state index < -0.39 is 0 Å². The highest BCUT2D eigenvalue weighted by Crippen LogP contribution is 2.47. The molecule has 2 nitrogen and oxygen atoms in total. The van der Waals surface area contributed by atoms with Crippen LogP contribution in [0, 0.1) is 0 Å². The summed E-state index contributed by atoms with van der Waals surface area (Å²) in [5.74, 6) is 0. The van der Waals surface area contributed by atoms with Crippen molar-refractivity contribution in [3.8, 4) is 5.69 Å². The van der Waals surface area contributed by atoms with Gasteiger partial charge in [-0.05, 0) is 69.4 Å². The van der Waals surface area contributed by atoms with Crippen LogP contribution in [0.1, 0.15) is 0 Å². The van der Waals surface area contributed by atoms with Crippen molar-refractivity contribution >= 4 is 71.2 Å². The summed E-state index contributed by atoms with van der Waals surface area (Å²) >= 11 is 0. The highest BCUT2D eigenvalue weighted by Gasteiger charge is 2.23. The molecule has 0 saturated carbocycles. The van der Waals surface area contributed by atoms with Crippen LogP contribution in [0.5, 0.6) is 0 Å². The summed E-state index contributed by atoms with van der Waals surface area (Å²) in [5, 5.41) is 10.0. The lowest BCUT2D eigenvalue weighted by atomic mass is 9.94. The fourth-order valence-corrected chi connectivity index (χ4v) is 7.05. The summed E-state index contributed by atoms with van der Waals surface area (Å²) in [5.41, 5.74) is 6.95. The van der Waals surface area contributed by atoms with Crippen LogP contribution in [0.4, 0.5) is 17.1 Å². The number of aromatic nitrogens is 1. The third-order valence-corrected chi connectivity index (χ3v) is 8.91. The van der Waals surface area contributed by atoms with Crippen LogP contribution in [0.15, 0.2) is 170 Å². The standard InChI is InChI=1S/C42H28N2/c1-3-15-31(16-4-1)43(40-28-30-27-26-29-14-7-8-19-33(29)41(30)36-22-10-9-20-34(36)40)39-25-13-23-37-35-21-11-12-24-38(35)44(42(37)39)32-17-5-2-6-18-32/h1-28H. The normalized spacial score (nSPS) is 11.6. The van der Waals surface area contributed by atoms with E-state index in [0.717, 1.165) is 22.7 Å². The van der Waals surface area contributed by atoms with Crippen molar-refractivity contribution in [3.63, 3.8) is 0 Å². The van der Waals surface area contributed by atoms with E-state index in [4.69, 9.17) is 0 Å². The van der Waals surface area contributed by atoms with Gasteiger partial charge in [0.25, 0.3) is 0 Å². The number of nitrogens with zero attached hydrogens (tertiary/aromatic N) is 2. The van der Waals surface area contributed by atoms with E-state index in [1.807, 2.05) is 0 Å². The van der Waals surface area contributed by atoms with Gasteiger partial charge in [0.15, 0.2) is 0 Å². The number of anilines is 3. The zero-order chi connectivity index (χ0) is 29.0. The molecular weight excluding hydrogens is 532 g/mol. The molecular formula is C42H28N2. The third-order valence-electron chi connectivity index (χ3n) is 8.91. The molecule has 0 bridgehead atoms. The maximum atomic E-state index is 2.46. The van der Waals surface area contributed by atoms with Crippen LogP contribution in [-0.4, -0.2) is 4.57 Å². The molecule has 0 atom stereocenters. The van der Waals surface area contributed by atoms with E-state index in [-0.39, 0.29) is 0 Å². The summed E-state index contributed by atoms with van der Waals surface area (Å²) in [7, 11) is 0. The molecule has 0 aliphatic heterocycles. The Morgan fingerprint density at radius 2 is 1.00 bits per heavy atom. The van der Waals surface area contributed by atoms with Gasteiger partial charge in [-0.15, -0.1) is 0 Å². The van der Waals surface area contributed by atoms with Gasteiger partial charge in [-0.1, -0.05) is 127 Å². The van der Waals surface area contributed by atoms with Crippen molar-refractivity contribution in [2.75, 3.05) is 4.90 Å². The number of hydrogen-bond acceptors (Lipinski definition) is 1. The minimum atomic E-state index is 1.12. The zero-order valence-electron chi connectivity index (χ0n) is 24.1. The van der Waals surface area contributed by atoms with E-state index in [1.54, 1.807) is 0 Å². The van der Waals surface area contributed by atoms with E-state index >= 15 is 0 Å². The largest absolute Gasteiger partial charge is 0.308 e. The van der Waals surface area contributed by atoms with Crippen molar-refractivity contribution in [1.82, 2.24) is 4.57 Å². The summed E-state index contributed by atoms with van der Waals surface area (Å²) in [6.45, 7) is 0. The molecule has 44 heavy (non-hydrogen) atoms. The maximum absolute atomic E-state index is 2.46. The Morgan fingerprint density at radius 3 is 1.82 bits per heavy atom. The summed E-state index contributed by atoms with van der Waals surface area (Å²) in [6.07, 6.45) is 0. The lowest BCUT2D eigenvalue weighted by Crippen LogP contribution is -2.12. The number of benzene rings is 8. The van der Waals surface area contributed by atoms with Crippen molar-refractivity contribution in [3.05, 3.63) is 170 Å². The molecule has 2 heteroatoms. The lowest BCUT2D eigenvalue weighted by molar-refractivity contribution is 1.17. The van der Waals surface area contributed by atoms with Gasteiger partial charge in [0.1, 0.15) is 0 Å². The monoisotopic (exact) mass is 560 g/mol. The predicted molar refractivity (Wildman–Crippen MR) is 188 cm³/mol. The lowest BCUT2D eigenvalue weighted by Gasteiger charge is -2.29. The molecule has 0 unspecified atom stereocenters. The summed E-state index contributed by atoms with van der Waals surface area (Å²) in [4.78, 5) is 2.46. The first kappa shape index (κ1) is 24.7. The highest BCUT2D eigenvalue weighted by atomic mass is 15.2. The van der Waals surface area contributed by atoms with Gasteiger partial charge in [-0.2, -0.15) is 0 Å². The van der Waals surface area contributed by atoms with Crippen LogP contribution < -0.4 is 4.90 Å². The second-order valence-corrected chi connectivity index (χ2v) is 11.4. The van der Waals surface area contributed by atoms with Gasteiger partial charge >= 0.3 is 0 Å². The number of rotatable bonds is 4. The Hall–Kier alpha value is -5.86. The van der Waals surface area contributed by atoms with E-state index in [1.165, 1.54) is 54.1 Å². The Kier molecular flexibility index (Phi) is 5.54. The van der Waals surface area contributed by atoms with Gasteiger partial charge in [0.05, 0.1) is 22.4 Å². The van der Waals surface area contributed by atoms with Crippen molar-refractivity contribution in [2.45, 2.75) is 0 Å². The van der Waals surface area contributed by atoms with E-state index in [2.05, 4.69) is 179 Å². The fourth-order valence-electron chi connectivity index (χ4n) is 7.05. The molecule has 0 amide bonds. The average molecular weight is 561 g/mol. The van der Waals surface area contributed by atoms with Gasteiger partial charge in [-0.3, -0.25) is 0 Å². The minimum absolute atomic E-state index is 1.12. The smallest absolute Gasteiger partial charge is 0.0782 e. The van der Waals surface area contributed by atoms with Crippen molar-refractivity contribution < 1.29 is 0 Å². The van der Waals surface area contributed by atoms with Crippen LogP contribution in [-0.2, 0) is 0 Å². The molecule has 0 spiro atoms. The first-order valence-electron chi connectivity index (χ1n) is 15.1. The van der Waals surface area contributed by atoms with E-state index in [9.17, 15) is 0 Å². The molecule has 206 valence electrons. The predicted octanol–water partition coefficient (Wildman–Crippen LogP) is 11.7. The molecule has 0 fully saturated rings.